The van der Waals surface area contributed by atoms with Gasteiger partial charge in [-0.05, 0) is 37.3 Å². The lowest BCUT2D eigenvalue weighted by molar-refractivity contribution is 0.0992. The molecule has 0 aliphatic heterocycles. The predicted octanol–water partition coefficient (Wildman–Crippen LogP) is 3.23. The van der Waals surface area contributed by atoms with Crippen molar-refractivity contribution < 1.29 is 18.4 Å². The number of hydrogen-bond acceptors (Lipinski definition) is 3. The summed E-state index contributed by atoms with van der Waals surface area (Å²) in [5, 5.41) is 3.19. The van der Waals surface area contributed by atoms with Crippen molar-refractivity contribution in [3.63, 3.8) is 0 Å². The van der Waals surface area contributed by atoms with E-state index in [1.807, 2.05) is 0 Å². The Kier molecular flexibility index (Phi) is 3.57. The minimum Gasteiger partial charge on any atom is -0.448 e. The number of fused-ring (bicyclic) bond motifs is 1. The van der Waals surface area contributed by atoms with E-state index in [1.165, 1.54) is 18.2 Å². The van der Waals surface area contributed by atoms with Gasteiger partial charge in [0.05, 0.1) is 0 Å². The summed E-state index contributed by atoms with van der Waals surface area (Å²) in [4.78, 5) is 23.3. The van der Waals surface area contributed by atoms with Gasteiger partial charge in [0.1, 0.15) is 0 Å². The first-order valence-corrected chi connectivity index (χ1v) is 6.86. The molecule has 0 spiro atoms. The number of carbonyl (C=O) groups excluding carboxylic acids is 2. The molecule has 116 valence electrons. The van der Waals surface area contributed by atoms with Crippen molar-refractivity contribution in [3.8, 4) is 0 Å². The number of halogens is 1. The van der Waals surface area contributed by atoms with Crippen LogP contribution < -0.4 is 11.1 Å². The first-order valence-electron chi connectivity index (χ1n) is 6.86. The number of hydrogen-bond donors (Lipinski definition) is 2. The molecule has 6 heteroatoms. The van der Waals surface area contributed by atoms with E-state index in [1.54, 1.807) is 31.2 Å². The average Bonchev–Trinajstić information content (AvgIpc) is 2.87. The zero-order valence-corrected chi connectivity index (χ0v) is 12.2. The molecular weight excluding hydrogens is 299 g/mol. The molecule has 0 aliphatic rings. The fraction of sp³-hybridized carbons (Fsp3) is 0.0588. The maximum atomic E-state index is 13.7. The fourth-order valence-electron chi connectivity index (χ4n) is 2.33. The lowest BCUT2D eigenvalue weighted by Gasteiger charge is -2.04. The third-order valence-corrected chi connectivity index (χ3v) is 3.55. The largest absolute Gasteiger partial charge is 0.448 e. The van der Waals surface area contributed by atoms with Crippen LogP contribution in [0.1, 0.15) is 26.5 Å². The highest BCUT2D eigenvalue weighted by Gasteiger charge is 2.19. The van der Waals surface area contributed by atoms with Crippen LogP contribution in [0.4, 0.5) is 10.1 Å². The van der Waals surface area contributed by atoms with Gasteiger partial charge in [0.2, 0.25) is 5.91 Å². The van der Waals surface area contributed by atoms with Crippen molar-refractivity contribution >= 4 is 28.5 Å². The molecule has 2 amide bonds. The Morgan fingerprint density at radius 3 is 2.43 bits per heavy atom. The summed E-state index contributed by atoms with van der Waals surface area (Å²) in [6, 6.07) is 10.6. The molecule has 0 bridgehead atoms. The SMILES string of the molecule is Cc1c(C(=O)Nc2ccc(C(N)=O)cc2)oc2c(F)cccc12. The molecule has 1 heterocycles. The Bertz CT molecular complexity index is 913. The van der Waals surface area contributed by atoms with E-state index < -0.39 is 17.6 Å². The predicted molar refractivity (Wildman–Crippen MR) is 83.8 cm³/mol. The van der Waals surface area contributed by atoms with Crippen molar-refractivity contribution in [2.75, 3.05) is 5.32 Å². The summed E-state index contributed by atoms with van der Waals surface area (Å²) >= 11 is 0. The van der Waals surface area contributed by atoms with Crippen LogP contribution in [0.25, 0.3) is 11.0 Å². The number of carbonyl (C=O) groups is 2. The van der Waals surface area contributed by atoms with Crippen LogP contribution in [0.2, 0.25) is 0 Å². The third kappa shape index (κ3) is 2.66. The van der Waals surface area contributed by atoms with Gasteiger partial charge >= 0.3 is 0 Å². The van der Waals surface area contributed by atoms with E-state index in [2.05, 4.69) is 5.32 Å². The molecular formula is C17H13FN2O3. The Hall–Kier alpha value is -3.15. The van der Waals surface area contributed by atoms with E-state index in [0.717, 1.165) is 0 Å². The standard InChI is InChI=1S/C17H13FN2O3/c1-9-12-3-2-4-13(18)15(12)23-14(9)17(22)20-11-7-5-10(6-8-11)16(19)21/h2-8H,1H3,(H2,19,21)(H,20,22). The van der Waals surface area contributed by atoms with Crippen LogP contribution >= 0.6 is 0 Å². The highest BCUT2D eigenvalue weighted by Crippen LogP contribution is 2.27. The van der Waals surface area contributed by atoms with Gasteiger partial charge in [-0.15, -0.1) is 0 Å². The zero-order chi connectivity index (χ0) is 16.6. The molecule has 0 atom stereocenters. The van der Waals surface area contributed by atoms with Gasteiger partial charge in [0, 0.05) is 22.2 Å². The number of amides is 2. The van der Waals surface area contributed by atoms with Gasteiger partial charge in [-0.25, -0.2) is 4.39 Å². The van der Waals surface area contributed by atoms with Gasteiger partial charge in [-0.1, -0.05) is 12.1 Å². The molecule has 2 aromatic carbocycles. The van der Waals surface area contributed by atoms with E-state index in [4.69, 9.17) is 10.2 Å². The minimum absolute atomic E-state index is 0.0454. The molecule has 0 radical (unpaired) electrons. The van der Waals surface area contributed by atoms with Crippen LogP contribution in [0.5, 0.6) is 0 Å². The first kappa shape index (κ1) is 14.8. The maximum absolute atomic E-state index is 13.7. The number of para-hydroxylation sites is 1. The minimum atomic E-state index is -0.550. The third-order valence-electron chi connectivity index (χ3n) is 3.55. The summed E-state index contributed by atoms with van der Waals surface area (Å²) < 4.78 is 19.1. The molecule has 5 nitrogen and oxygen atoms in total. The summed E-state index contributed by atoms with van der Waals surface area (Å²) in [6.45, 7) is 1.69. The van der Waals surface area contributed by atoms with Gasteiger partial charge in [-0.3, -0.25) is 9.59 Å². The van der Waals surface area contributed by atoms with E-state index in [0.29, 0.717) is 22.2 Å². The molecule has 3 N–H and O–H groups in total. The zero-order valence-electron chi connectivity index (χ0n) is 12.2. The fourth-order valence-corrected chi connectivity index (χ4v) is 2.33. The number of primary amides is 1. The van der Waals surface area contributed by atoms with Gasteiger partial charge in [0.25, 0.3) is 5.91 Å². The first-order chi connectivity index (χ1) is 11.0. The quantitative estimate of drug-likeness (QED) is 0.778. The number of nitrogens with one attached hydrogen (secondary N) is 1. The second kappa shape index (κ2) is 5.57. The number of aryl methyl sites for hydroxylation is 1. The van der Waals surface area contributed by atoms with Crippen molar-refractivity contribution in [2.24, 2.45) is 5.73 Å². The van der Waals surface area contributed by atoms with Crippen molar-refractivity contribution in [2.45, 2.75) is 6.92 Å². The van der Waals surface area contributed by atoms with E-state index in [9.17, 15) is 14.0 Å². The number of anilines is 1. The van der Waals surface area contributed by atoms with Crippen molar-refractivity contribution in [3.05, 3.63) is 65.2 Å². The average molecular weight is 312 g/mol. The monoisotopic (exact) mass is 312 g/mol. The molecule has 0 unspecified atom stereocenters. The van der Waals surface area contributed by atoms with Crippen LogP contribution in [0.15, 0.2) is 46.9 Å². The molecule has 0 saturated heterocycles. The summed E-state index contributed by atoms with van der Waals surface area (Å²) in [5.41, 5.74) is 6.58. The van der Waals surface area contributed by atoms with Gasteiger partial charge < -0.3 is 15.5 Å². The molecule has 3 aromatic rings. The lowest BCUT2D eigenvalue weighted by atomic mass is 10.1. The second-order valence-corrected chi connectivity index (χ2v) is 5.07. The van der Waals surface area contributed by atoms with Crippen LogP contribution in [0.3, 0.4) is 0 Å². The highest BCUT2D eigenvalue weighted by atomic mass is 19.1. The smallest absolute Gasteiger partial charge is 0.291 e. The van der Waals surface area contributed by atoms with Crippen molar-refractivity contribution in [1.29, 1.82) is 0 Å². The molecule has 0 aliphatic carbocycles. The molecule has 3 rings (SSSR count). The molecule has 0 saturated carbocycles. The number of nitrogens with two attached hydrogens (primary N) is 1. The Balaban J connectivity index is 1.90. The van der Waals surface area contributed by atoms with E-state index >= 15 is 0 Å². The molecule has 1 aromatic heterocycles. The van der Waals surface area contributed by atoms with Crippen molar-refractivity contribution in [1.82, 2.24) is 0 Å². The number of furan rings is 1. The topological polar surface area (TPSA) is 85.3 Å². The maximum Gasteiger partial charge on any atom is 0.291 e. The summed E-state index contributed by atoms with van der Waals surface area (Å²) in [6.07, 6.45) is 0. The van der Waals surface area contributed by atoms with Gasteiger partial charge in [-0.2, -0.15) is 0 Å². The van der Waals surface area contributed by atoms with E-state index in [-0.39, 0.29) is 11.3 Å². The lowest BCUT2D eigenvalue weighted by Crippen LogP contribution is -2.13. The molecule has 0 fully saturated rings. The van der Waals surface area contributed by atoms with Gasteiger partial charge in [0.15, 0.2) is 17.2 Å². The molecule has 23 heavy (non-hydrogen) atoms. The van der Waals surface area contributed by atoms with Crippen LogP contribution in [-0.4, -0.2) is 11.8 Å². The normalized spacial score (nSPS) is 10.7. The Labute approximate surface area is 130 Å². The van der Waals surface area contributed by atoms with Crippen LogP contribution in [0, 0.1) is 12.7 Å². The summed E-state index contributed by atoms with van der Waals surface area (Å²) in [7, 11) is 0. The Morgan fingerprint density at radius 1 is 1.13 bits per heavy atom. The number of rotatable bonds is 3. The second-order valence-electron chi connectivity index (χ2n) is 5.07. The summed E-state index contributed by atoms with van der Waals surface area (Å²) in [5.74, 6) is -1.52. The Morgan fingerprint density at radius 2 is 1.83 bits per heavy atom. The highest BCUT2D eigenvalue weighted by molar-refractivity contribution is 6.06. The number of benzene rings is 2. The van der Waals surface area contributed by atoms with Crippen LogP contribution in [-0.2, 0) is 0 Å².